The molecule has 0 saturated carbocycles. The highest BCUT2D eigenvalue weighted by molar-refractivity contribution is 5.78. The van der Waals surface area contributed by atoms with E-state index >= 15 is 0 Å². The zero-order chi connectivity index (χ0) is 20.2. The second kappa shape index (κ2) is 8.18. The number of benzene rings is 4. The number of pyridine rings is 1. The van der Waals surface area contributed by atoms with Gasteiger partial charge in [-0.3, -0.25) is 0 Å². The van der Waals surface area contributed by atoms with E-state index in [1.54, 1.807) is 0 Å². The van der Waals surface area contributed by atoms with E-state index in [2.05, 4.69) is 109 Å². The zero-order valence-corrected chi connectivity index (χ0v) is 16.6. The van der Waals surface area contributed by atoms with Crippen LogP contribution in [-0.4, -0.2) is 4.98 Å². The molecule has 0 radical (unpaired) electrons. The number of hydrogen-bond donors (Lipinski definition) is 0. The minimum Gasteiger partial charge on any atom is -0.248 e. The standard InChI is InChI=1S/C29H21N/c1-4-10-22(11-5-1)23-16-18-24(19-17-23)27-20-28(25-12-6-2-7-13-25)30-29(21-27)26-14-8-3-9-15-26/h1-21H. The Bertz CT molecular complexity index is 1180. The predicted molar refractivity (Wildman–Crippen MR) is 126 cm³/mol. The fourth-order valence-electron chi connectivity index (χ4n) is 3.70. The van der Waals surface area contributed by atoms with E-state index in [4.69, 9.17) is 4.98 Å². The topological polar surface area (TPSA) is 12.9 Å². The molecule has 142 valence electrons. The maximum Gasteiger partial charge on any atom is 0.0715 e. The van der Waals surface area contributed by atoms with Crippen molar-refractivity contribution in [1.29, 1.82) is 0 Å². The summed E-state index contributed by atoms with van der Waals surface area (Å²) in [5.74, 6) is 0. The fraction of sp³-hybridized carbons (Fsp3) is 0. The minimum atomic E-state index is 0.985. The Morgan fingerprint density at radius 2 is 0.633 bits per heavy atom. The van der Waals surface area contributed by atoms with Gasteiger partial charge in [0.15, 0.2) is 0 Å². The highest BCUT2D eigenvalue weighted by Gasteiger charge is 2.09. The Balaban J connectivity index is 1.60. The predicted octanol–water partition coefficient (Wildman–Crippen LogP) is 7.75. The molecule has 5 aromatic rings. The first-order valence-corrected chi connectivity index (χ1v) is 10.2. The van der Waals surface area contributed by atoms with Crippen LogP contribution in [-0.2, 0) is 0 Å². The molecule has 0 spiro atoms. The number of aromatic nitrogens is 1. The highest BCUT2D eigenvalue weighted by atomic mass is 14.7. The van der Waals surface area contributed by atoms with Crippen LogP contribution >= 0.6 is 0 Å². The van der Waals surface area contributed by atoms with Crippen molar-refractivity contribution < 1.29 is 0 Å². The average molecular weight is 383 g/mol. The van der Waals surface area contributed by atoms with E-state index < -0.39 is 0 Å². The van der Waals surface area contributed by atoms with E-state index in [9.17, 15) is 0 Å². The lowest BCUT2D eigenvalue weighted by Crippen LogP contribution is -1.91. The molecule has 0 fully saturated rings. The first-order chi connectivity index (χ1) is 14.9. The molecule has 30 heavy (non-hydrogen) atoms. The van der Waals surface area contributed by atoms with E-state index in [0.717, 1.165) is 22.5 Å². The summed E-state index contributed by atoms with van der Waals surface area (Å²) in [6, 6.07) is 44.3. The fourth-order valence-corrected chi connectivity index (χ4v) is 3.70. The van der Waals surface area contributed by atoms with E-state index in [0.29, 0.717) is 0 Å². The normalized spacial score (nSPS) is 10.7. The summed E-state index contributed by atoms with van der Waals surface area (Å²) in [7, 11) is 0. The van der Waals surface area contributed by atoms with Crippen molar-refractivity contribution in [3.05, 3.63) is 127 Å². The van der Waals surface area contributed by atoms with Crippen LogP contribution in [0, 0.1) is 0 Å². The third-order valence-electron chi connectivity index (χ3n) is 5.29. The Morgan fingerprint density at radius 3 is 1.07 bits per heavy atom. The lowest BCUT2D eigenvalue weighted by molar-refractivity contribution is 1.32. The molecule has 4 aromatic carbocycles. The summed E-state index contributed by atoms with van der Waals surface area (Å²) in [6.45, 7) is 0. The van der Waals surface area contributed by atoms with Gasteiger partial charge in [0.25, 0.3) is 0 Å². The van der Waals surface area contributed by atoms with Crippen molar-refractivity contribution in [2.24, 2.45) is 0 Å². The van der Waals surface area contributed by atoms with Gasteiger partial charge in [-0.05, 0) is 34.4 Å². The van der Waals surface area contributed by atoms with Crippen LogP contribution in [0.25, 0.3) is 44.8 Å². The second-order valence-electron chi connectivity index (χ2n) is 7.30. The smallest absolute Gasteiger partial charge is 0.0715 e. The molecule has 0 aliphatic rings. The summed E-state index contributed by atoms with van der Waals surface area (Å²) in [5.41, 5.74) is 9.02. The Kier molecular flexibility index (Phi) is 4.93. The van der Waals surface area contributed by atoms with Gasteiger partial charge in [-0.15, -0.1) is 0 Å². The van der Waals surface area contributed by atoms with Crippen molar-refractivity contribution in [2.75, 3.05) is 0 Å². The van der Waals surface area contributed by atoms with Crippen molar-refractivity contribution in [3.63, 3.8) is 0 Å². The molecule has 1 heteroatoms. The summed E-state index contributed by atoms with van der Waals surface area (Å²) >= 11 is 0. The monoisotopic (exact) mass is 383 g/mol. The average Bonchev–Trinajstić information content (AvgIpc) is 2.85. The van der Waals surface area contributed by atoms with Gasteiger partial charge in [-0.25, -0.2) is 4.98 Å². The van der Waals surface area contributed by atoms with E-state index in [1.807, 2.05) is 18.2 Å². The largest absolute Gasteiger partial charge is 0.248 e. The molecular formula is C29H21N. The molecular weight excluding hydrogens is 362 g/mol. The number of nitrogens with zero attached hydrogens (tertiary/aromatic N) is 1. The molecule has 0 bridgehead atoms. The summed E-state index contributed by atoms with van der Waals surface area (Å²) < 4.78 is 0. The Morgan fingerprint density at radius 1 is 0.300 bits per heavy atom. The van der Waals surface area contributed by atoms with Gasteiger partial charge in [0.05, 0.1) is 11.4 Å². The summed E-state index contributed by atoms with van der Waals surface area (Å²) in [4.78, 5) is 4.96. The summed E-state index contributed by atoms with van der Waals surface area (Å²) in [6.07, 6.45) is 0. The second-order valence-corrected chi connectivity index (χ2v) is 7.30. The van der Waals surface area contributed by atoms with Crippen molar-refractivity contribution >= 4 is 0 Å². The van der Waals surface area contributed by atoms with Crippen molar-refractivity contribution in [1.82, 2.24) is 4.98 Å². The first-order valence-electron chi connectivity index (χ1n) is 10.2. The van der Waals surface area contributed by atoms with Crippen LogP contribution in [0.15, 0.2) is 127 Å². The van der Waals surface area contributed by atoms with Gasteiger partial charge >= 0.3 is 0 Å². The van der Waals surface area contributed by atoms with Gasteiger partial charge in [-0.1, -0.05) is 115 Å². The van der Waals surface area contributed by atoms with Crippen LogP contribution in [0.3, 0.4) is 0 Å². The van der Waals surface area contributed by atoms with Crippen LogP contribution in [0.1, 0.15) is 0 Å². The molecule has 0 unspecified atom stereocenters. The molecule has 0 aliphatic carbocycles. The first kappa shape index (κ1) is 18.1. The zero-order valence-electron chi connectivity index (χ0n) is 16.6. The van der Waals surface area contributed by atoms with E-state index in [1.165, 1.54) is 22.3 Å². The van der Waals surface area contributed by atoms with Gasteiger partial charge in [0.2, 0.25) is 0 Å². The number of hydrogen-bond acceptors (Lipinski definition) is 1. The van der Waals surface area contributed by atoms with Crippen molar-refractivity contribution in [2.45, 2.75) is 0 Å². The minimum absolute atomic E-state index is 0.985. The van der Waals surface area contributed by atoms with Gasteiger partial charge in [-0.2, -0.15) is 0 Å². The van der Waals surface area contributed by atoms with Gasteiger partial charge in [0.1, 0.15) is 0 Å². The molecule has 0 amide bonds. The lowest BCUT2D eigenvalue weighted by atomic mass is 9.98. The van der Waals surface area contributed by atoms with Crippen LogP contribution in [0.4, 0.5) is 0 Å². The van der Waals surface area contributed by atoms with Gasteiger partial charge in [0, 0.05) is 11.1 Å². The third kappa shape index (κ3) is 3.78. The molecule has 1 nitrogen and oxygen atoms in total. The van der Waals surface area contributed by atoms with Crippen LogP contribution < -0.4 is 0 Å². The molecule has 1 aromatic heterocycles. The Hall–Kier alpha value is -3.97. The van der Waals surface area contributed by atoms with Crippen LogP contribution in [0.2, 0.25) is 0 Å². The molecule has 1 heterocycles. The maximum absolute atomic E-state index is 4.96. The van der Waals surface area contributed by atoms with Crippen LogP contribution in [0.5, 0.6) is 0 Å². The third-order valence-corrected chi connectivity index (χ3v) is 5.29. The number of rotatable bonds is 4. The SMILES string of the molecule is c1ccc(-c2ccc(-c3cc(-c4ccccc4)nc(-c4ccccc4)c3)cc2)cc1. The maximum atomic E-state index is 4.96. The van der Waals surface area contributed by atoms with E-state index in [-0.39, 0.29) is 0 Å². The molecule has 0 aliphatic heterocycles. The van der Waals surface area contributed by atoms with Crippen molar-refractivity contribution in [3.8, 4) is 44.8 Å². The molecule has 0 N–H and O–H groups in total. The molecule has 0 saturated heterocycles. The summed E-state index contributed by atoms with van der Waals surface area (Å²) in [5, 5.41) is 0. The Labute approximate surface area is 177 Å². The molecule has 5 rings (SSSR count). The van der Waals surface area contributed by atoms with Gasteiger partial charge < -0.3 is 0 Å². The highest BCUT2D eigenvalue weighted by Crippen LogP contribution is 2.31. The lowest BCUT2D eigenvalue weighted by Gasteiger charge is -2.11. The molecule has 0 atom stereocenters. The quantitative estimate of drug-likeness (QED) is 0.309.